The number of alkyl halides is 1. The molecule has 2 atom stereocenters. The van der Waals surface area contributed by atoms with Gasteiger partial charge in [0.1, 0.15) is 47.0 Å². The van der Waals surface area contributed by atoms with Gasteiger partial charge in [0.25, 0.3) is 0 Å². The second kappa shape index (κ2) is 14.9. The van der Waals surface area contributed by atoms with Gasteiger partial charge in [0.2, 0.25) is 0 Å². The summed E-state index contributed by atoms with van der Waals surface area (Å²) >= 11 is 0. The zero-order chi connectivity index (χ0) is 37.4. The maximum Gasteiger partial charge on any atom is 0.410 e. The van der Waals surface area contributed by atoms with Gasteiger partial charge in [-0.05, 0) is 81.1 Å². The van der Waals surface area contributed by atoms with Crippen LogP contribution in [0, 0.1) is 11.6 Å². The molecule has 14 heteroatoms. The van der Waals surface area contributed by atoms with Crippen molar-refractivity contribution >= 4 is 33.6 Å². The molecular weight excluding hydrogens is 677 g/mol. The number of benzene rings is 2. The number of carbonyl (C=O) groups is 1. The summed E-state index contributed by atoms with van der Waals surface area (Å²) in [5, 5.41) is 1.46. The maximum absolute atomic E-state index is 17.1. The Hall–Kier alpha value is -4.43. The molecule has 2 aromatic carbocycles. The van der Waals surface area contributed by atoms with Crippen LogP contribution in [-0.2, 0) is 15.9 Å². The normalized spacial score (nSPS) is 18.9. The van der Waals surface area contributed by atoms with Crippen molar-refractivity contribution in [3.8, 4) is 23.0 Å². The van der Waals surface area contributed by atoms with Gasteiger partial charge in [0, 0.05) is 59.0 Å². The molecule has 11 nitrogen and oxygen atoms in total. The molecule has 0 saturated carbocycles. The van der Waals surface area contributed by atoms with E-state index in [2.05, 4.69) is 14.9 Å². The Morgan fingerprint density at radius 2 is 1.90 bits per heavy atom. The Morgan fingerprint density at radius 1 is 1.12 bits per heavy atom. The third-order valence-corrected chi connectivity index (χ3v) is 9.81. The molecule has 2 aliphatic rings. The lowest BCUT2D eigenvalue weighted by Gasteiger charge is -2.31. The third-order valence-electron chi connectivity index (χ3n) is 9.81. The van der Waals surface area contributed by atoms with Crippen molar-refractivity contribution in [3.63, 3.8) is 0 Å². The number of pyridine rings is 1. The second-order valence-corrected chi connectivity index (χ2v) is 14.7. The first kappa shape index (κ1) is 37.3. The summed E-state index contributed by atoms with van der Waals surface area (Å²) in [7, 11) is 4.90. The van der Waals surface area contributed by atoms with Crippen LogP contribution in [0.25, 0.3) is 32.9 Å². The van der Waals surface area contributed by atoms with E-state index < -0.39 is 35.0 Å². The lowest BCUT2D eigenvalue weighted by molar-refractivity contribution is 0.0303. The van der Waals surface area contributed by atoms with Crippen molar-refractivity contribution in [1.82, 2.24) is 24.8 Å². The topological polar surface area (TPSA) is 102 Å². The minimum absolute atomic E-state index is 0.0464. The lowest BCUT2D eigenvalue weighted by Crippen LogP contribution is -2.43. The highest BCUT2D eigenvalue weighted by molar-refractivity contribution is 6.01. The van der Waals surface area contributed by atoms with E-state index in [0.717, 1.165) is 19.4 Å². The van der Waals surface area contributed by atoms with Crippen LogP contribution in [0.15, 0.2) is 30.5 Å². The fraction of sp³-hybridized carbons (Fsp3) is 0.526. The average Bonchev–Trinajstić information content (AvgIpc) is 3.63. The smallest absolute Gasteiger partial charge is 0.410 e. The Morgan fingerprint density at radius 3 is 2.63 bits per heavy atom. The van der Waals surface area contributed by atoms with Crippen LogP contribution in [0.3, 0.4) is 0 Å². The number of anilines is 1. The molecule has 0 aliphatic carbocycles. The quantitative estimate of drug-likeness (QED) is 0.143. The number of halogens is 3. The highest BCUT2D eigenvalue weighted by atomic mass is 19.1. The van der Waals surface area contributed by atoms with Gasteiger partial charge >= 0.3 is 12.1 Å². The van der Waals surface area contributed by atoms with Gasteiger partial charge in [0.15, 0.2) is 12.6 Å². The monoisotopic (exact) mass is 724 g/mol. The van der Waals surface area contributed by atoms with Crippen LogP contribution in [-0.4, -0.2) is 109 Å². The summed E-state index contributed by atoms with van der Waals surface area (Å²) in [6.07, 6.45) is 2.46. The first-order valence-electron chi connectivity index (χ1n) is 17.6. The standard InChI is InChI=1S/C38H47F3N6O5/c1-8-26-29(40)11-10-23-16-25(51-22-49-7)17-27(30(23)26)32-31(41)33-28(19-42-32)34(45(5)14-15-46(6)36(48)52-37(2,3)4)44-35(43-33)50-21-38-12-9-13-47(38)20-24(39)18-38/h10-11,16-17,19,24H,8-9,12-15,18,20-22H2,1-7H3/t24-,38+/m1/s1. The molecule has 2 saturated heterocycles. The molecule has 52 heavy (non-hydrogen) atoms. The number of rotatable bonds is 12. The Balaban J connectivity index is 1.44. The molecule has 0 N–H and O–H groups in total. The third kappa shape index (κ3) is 7.54. The number of methoxy groups -OCH3 is 1. The van der Waals surface area contributed by atoms with E-state index in [4.69, 9.17) is 23.9 Å². The van der Waals surface area contributed by atoms with E-state index in [1.807, 2.05) is 6.92 Å². The Bertz CT molecular complexity index is 1960. The van der Waals surface area contributed by atoms with Crippen molar-refractivity contribution in [2.45, 2.75) is 70.7 Å². The van der Waals surface area contributed by atoms with E-state index in [-0.39, 0.29) is 37.2 Å². The molecule has 0 unspecified atom stereocenters. The van der Waals surface area contributed by atoms with Crippen LogP contribution < -0.4 is 14.4 Å². The predicted molar refractivity (Wildman–Crippen MR) is 193 cm³/mol. The van der Waals surface area contributed by atoms with Crippen molar-refractivity contribution < 1.29 is 36.9 Å². The number of carbonyl (C=O) groups excluding carboxylic acids is 1. The largest absolute Gasteiger partial charge is 0.468 e. The maximum atomic E-state index is 17.1. The van der Waals surface area contributed by atoms with E-state index in [9.17, 15) is 9.18 Å². The van der Waals surface area contributed by atoms with Crippen molar-refractivity contribution in [2.75, 3.05) is 65.7 Å². The predicted octanol–water partition coefficient (Wildman–Crippen LogP) is 6.93. The molecule has 2 aliphatic heterocycles. The Kier molecular flexibility index (Phi) is 10.7. The molecular formula is C38H47F3N6O5. The zero-order valence-corrected chi connectivity index (χ0v) is 30.9. The van der Waals surface area contributed by atoms with Gasteiger partial charge in [-0.3, -0.25) is 9.88 Å². The van der Waals surface area contributed by atoms with Gasteiger partial charge in [0.05, 0.1) is 10.9 Å². The molecule has 0 spiro atoms. The van der Waals surface area contributed by atoms with Gasteiger partial charge in [-0.1, -0.05) is 13.0 Å². The Labute approximate surface area is 302 Å². The van der Waals surface area contributed by atoms with Crippen LogP contribution in [0.1, 0.15) is 52.5 Å². The minimum Gasteiger partial charge on any atom is -0.468 e. The fourth-order valence-electron chi connectivity index (χ4n) is 7.28. The molecule has 2 fully saturated rings. The summed E-state index contributed by atoms with van der Waals surface area (Å²) in [5.74, 6) is -0.451. The summed E-state index contributed by atoms with van der Waals surface area (Å²) < 4.78 is 69.4. The minimum atomic E-state index is -0.951. The number of amides is 1. The van der Waals surface area contributed by atoms with Crippen molar-refractivity contribution in [2.24, 2.45) is 0 Å². The number of ether oxygens (including phenoxy) is 4. The van der Waals surface area contributed by atoms with E-state index in [1.54, 1.807) is 58.0 Å². The van der Waals surface area contributed by atoms with Gasteiger partial charge < -0.3 is 28.7 Å². The van der Waals surface area contributed by atoms with Crippen molar-refractivity contribution in [1.29, 1.82) is 0 Å². The number of fused-ring (bicyclic) bond motifs is 3. The second-order valence-electron chi connectivity index (χ2n) is 14.7. The van der Waals surface area contributed by atoms with E-state index in [1.165, 1.54) is 24.3 Å². The fourth-order valence-corrected chi connectivity index (χ4v) is 7.28. The molecule has 4 heterocycles. The summed E-state index contributed by atoms with van der Waals surface area (Å²) in [4.78, 5) is 31.9. The summed E-state index contributed by atoms with van der Waals surface area (Å²) in [6.45, 7) is 9.02. The van der Waals surface area contributed by atoms with Crippen LogP contribution in [0.5, 0.6) is 11.8 Å². The molecule has 280 valence electrons. The lowest BCUT2D eigenvalue weighted by atomic mass is 9.94. The van der Waals surface area contributed by atoms with Gasteiger partial charge in [-0.15, -0.1) is 0 Å². The highest BCUT2D eigenvalue weighted by Crippen LogP contribution is 2.42. The average molecular weight is 725 g/mol. The number of likely N-dealkylation sites (N-methyl/N-ethyl adjacent to an activating group) is 2. The van der Waals surface area contributed by atoms with Crippen LogP contribution in [0.2, 0.25) is 0 Å². The summed E-state index contributed by atoms with van der Waals surface area (Å²) in [5.41, 5.74) is -0.512. The molecule has 1 amide bonds. The molecule has 0 bridgehead atoms. The molecule has 6 rings (SSSR count). The molecule has 2 aromatic heterocycles. The van der Waals surface area contributed by atoms with Gasteiger partial charge in [-0.25, -0.2) is 18.0 Å². The van der Waals surface area contributed by atoms with Crippen LogP contribution >= 0.6 is 0 Å². The molecule has 4 aromatic rings. The number of aryl methyl sites for hydroxylation is 1. The highest BCUT2D eigenvalue weighted by Gasteiger charge is 2.49. The summed E-state index contributed by atoms with van der Waals surface area (Å²) in [6, 6.07) is 6.31. The van der Waals surface area contributed by atoms with Crippen molar-refractivity contribution in [3.05, 3.63) is 47.7 Å². The van der Waals surface area contributed by atoms with E-state index in [0.29, 0.717) is 64.8 Å². The van der Waals surface area contributed by atoms with E-state index >= 15 is 8.78 Å². The SMILES string of the molecule is CCc1c(F)ccc2cc(OCOC)cc(-c3ncc4c(N(C)CCN(C)C(=O)OC(C)(C)C)nc(OC[C@@]56CCCN5C[C@H](F)C6)nc4c3F)c12. The number of hydrogen-bond donors (Lipinski definition) is 0. The first-order valence-corrected chi connectivity index (χ1v) is 17.6. The number of hydrogen-bond acceptors (Lipinski definition) is 10. The zero-order valence-electron chi connectivity index (χ0n) is 30.9. The van der Waals surface area contributed by atoms with Gasteiger partial charge in [-0.2, -0.15) is 9.97 Å². The number of nitrogens with zero attached hydrogens (tertiary/aromatic N) is 6. The number of aromatic nitrogens is 3. The first-order chi connectivity index (χ1) is 24.7. The van der Waals surface area contributed by atoms with Crippen LogP contribution in [0.4, 0.5) is 23.8 Å². The molecule has 0 radical (unpaired) electrons.